The number of aromatic nitrogens is 2. The van der Waals surface area contributed by atoms with Gasteiger partial charge in [0.1, 0.15) is 0 Å². The van der Waals surface area contributed by atoms with Crippen LogP contribution in [-0.4, -0.2) is 56.9 Å². The lowest BCUT2D eigenvalue weighted by Crippen LogP contribution is -2.56. The van der Waals surface area contributed by atoms with E-state index >= 15 is 0 Å². The number of alkyl halides is 2. The molecule has 0 saturated carbocycles. The molecule has 0 bridgehead atoms. The van der Waals surface area contributed by atoms with Gasteiger partial charge in [-0.05, 0) is 24.1 Å². The summed E-state index contributed by atoms with van der Waals surface area (Å²) >= 11 is 0. The van der Waals surface area contributed by atoms with Crippen molar-refractivity contribution in [3.63, 3.8) is 0 Å². The summed E-state index contributed by atoms with van der Waals surface area (Å²) in [6.45, 7) is 3.17. The Morgan fingerprint density at radius 2 is 1.86 bits per heavy atom. The first-order valence-electron chi connectivity index (χ1n) is 9.23. The largest absolute Gasteiger partial charge is 0.432 e. The number of benzene rings is 1. The van der Waals surface area contributed by atoms with E-state index in [1.54, 1.807) is 18.2 Å². The van der Waals surface area contributed by atoms with Gasteiger partial charge in [-0.3, -0.25) is 0 Å². The van der Waals surface area contributed by atoms with E-state index in [-0.39, 0.29) is 22.6 Å². The monoisotopic (exact) mass is 426 g/mol. The summed E-state index contributed by atoms with van der Waals surface area (Å²) < 4.78 is 52.7. The summed E-state index contributed by atoms with van der Waals surface area (Å²) in [7, 11) is -3.28. The minimum atomic E-state index is -3.28. The average Bonchev–Trinajstić information content (AvgIpc) is 2.67. The molecule has 3 rings (SSSR count). The zero-order chi connectivity index (χ0) is 21.2. The molecule has 0 aliphatic carbocycles. The third-order valence-electron chi connectivity index (χ3n) is 4.90. The van der Waals surface area contributed by atoms with Gasteiger partial charge in [0.15, 0.2) is 15.6 Å². The first-order valence-corrected chi connectivity index (χ1v) is 11.1. The van der Waals surface area contributed by atoms with Crippen molar-refractivity contribution in [2.24, 2.45) is 5.92 Å². The van der Waals surface area contributed by atoms with E-state index in [9.17, 15) is 17.2 Å². The van der Waals surface area contributed by atoms with Gasteiger partial charge >= 0.3 is 6.61 Å². The van der Waals surface area contributed by atoms with Crippen molar-refractivity contribution < 1.29 is 21.9 Å². The number of hydrogen-bond acceptors (Lipinski definition) is 7. The summed E-state index contributed by atoms with van der Waals surface area (Å²) in [5, 5.41) is 0. The Bertz CT molecular complexity index is 939. The number of nitrogens with zero attached hydrogens (tertiary/aromatic N) is 4. The lowest BCUT2D eigenvalue weighted by atomic mass is 9.99. The molecule has 1 aromatic carbocycles. The van der Waals surface area contributed by atoms with Crippen molar-refractivity contribution in [3.05, 3.63) is 36.7 Å². The van der Waals surface area contributed by atoms with Gasteiger partial charge in [0, 0.05) is 31.6 Å². The van der Waals surface area contributed by atoms with Gasteiger partial charge in [-0.15, -0.1) is 0 Å². The molecule has 1 fully saturated rings. The van der Waals surface area contributed by atoms with Gasteiger partial charge in [0.05, 0.1) is 23.3 Å². The molecule has 1 unspecified atom stereocenters. The van der Waals surface area contributed by atoms with Crippen molar-refractivity contribution in [1.29, 1.82) is 0 Å². The van der Waals surface area contributed by atoms with E-state index < -0.39 is 16.4 Å². The fourth-order valence-corrected chi connectivity index (χ4v) is 4.06. The number of piperazine rings is 1. The smallest absolute Gasteiger partial charge is 0.387 e. The summed E-state index contributed by atoms with van der Waals surface area (Å²) in [4.78, 5) is 12.9. The van der Waals surface area contributed by atoms with Gasteiger partial charge in [-0.1, -0.05) is 19.9 Å². The standard InChI is InChI=1S/C19H24F2N4O3S/c1-13(2)17-12-24(14-5-4-6-16(9-14)29(3,26)27)7-8-25(17)19-22-10-15(11-23-19)28-18(20)21/h4-6,9-11,13,17-18H,7-8,12H2,1-3H3. The van der Waals surface area contributed by atoms with Crippen LogP contribution in [0.5, 0.6) is 5.75 Å². The van der Waals surface area contributed by atoms with Gasteiger partial charge in [0.2, 0.25) is 5.95 Å². The third-order valence-corrected chi connectivity index (χ3v) is 6.01. The number of anilines is 2. The minimum absolute atomic E-state index is 0.0625. The molecule has 1 atom stereocenters. The zero-order valence-electron chi connectivity index (χ0n) is 16.5. The number of halogens is 2. The van der Waals surface area contributed by atoms with Crippen molar-refractivity contribution in [2.75, 3.05) is 35.7 Å². The zero-order valence-corrected chi connectivity index (χ0v) is 17.3. The van der Waals surface area contributed by atoms with Gasteiger partial charge < -0.3 is 14.5 Å². The summed E-state index contributed by atoms with van der Waals surface area (Å²) in [5.74, 6) is 0.632. The molecular weight excluding hydrogens is 402 g/mol. The van der Waals surface area contributed by atoms with E-state index in [4.69, 9.17) is 0 Å². The number of sulfone groups is 1. The molecule has 1 saturated heterocycles. The lowest BCUT2D eigenvalue weighted by Gasteiger charge is -2.44. The van der Waals surface area contributed by atoms with Crippen molar-refractivity contribution in [1.82, 2.24) is 9.97 Å². The van der Waals surface area contributed by atoms with E-state index in [0.717, 1.165) is 5.69 Å². The first-order chi connectivity index (χ1) is 13.6. The molecule has 0 spiro atoms. The maximum atomic E-state index is 12.3. The molecule has 0 radical (unpaired) electrons. The lowest BCUT2D eigenvalue weighted by molar-refractivity contribution is -0.0503. The Kier molecular flexibility index (Phi) is 6.21. The summed E-state index contributed by atoms with van der Waals surface area (Å²) in [6, 6.07) is 6.98. The molecule has 0 N–H and O–H groups in total. The normalized spacial score (nSPS) is 17.8. The second kappa shape index (κ2) is 8.48. The van der Waals surface area contributed by atoms with E-state index in [0.29, 0.717) is 25.6 Å². The van der Waals surface area contributed by atoms with Crippen LogP contribution in [0.15, 0.2) is 41.6 Å². The first kappa shape index (κ1) is 21.2. The van der Waals surface area contributed by atoms with Crippen LogP contribution in [0.25, 0.3) is 0 Å². The Labute approximate surface area is 169 Å². The molecule has 0 amide bonds. The number of ether oxygens (including phenoxy) is 1. The van der Waals surface area contributed by atoms with E-state index in [2.05, 4.69) is 33.5 Å². The van der Waals surface area contributed by atoms with Crippen LogP contribution in [0.3, 0.4) is 0 Å². The summed E-state index contributed by atoms with van der Waals surface area (Å²) in [6.07, 6.45) is 3.68. The highest BCUT2D eigenvalue weighted by molar-refractivity contribution is 7.90. The van der Waals surface area contributed by atoms with Crippen LogP contribution in [-0.2, 0) is 9.84 Å². The minimum Gasteiger partial charge on any atom is -0.432 e. The molecule has 1 aliphatic heterocycles. The molecule has 10 heteroatoms. The van der Waals surface area contributed by atoms with Gasteiger partial charge in [0.25, 0.3) is 0 Å². The Balaban J connectivity index is 1.80. The topological polar surface area (TPSA) is 75.6 Å². The predicted octanol–water partition coefficient (Wildman–Crippen LogP) is 2.83. The third kappa shape index (κ3) is 5.11. The van der Waals surface area contributed by atoms with Crippen molar-refractivity contribution >= 4 is 21.5 Å². The van der Waals surface area contributed by atoms with Crippen LogP contribution >= 0.6 is 0 Å². The van der Waals surface area contributed by atoms with Crippen LogP contribution in [0, 0.1) is 5.92 Å². The fraction of sp³-hybridized carbons (Fsp3) is 0.474. The molecule has 158 valence electrons. The Hall–Kier alpha value is -2.49. The number of hydrogen-bond donors (Lipinski definition) is 0. The molecule has 2 aromatic rings. The summed E-state index contributed by atoms with van der Waals surface area (Å²) in [5.41, 5.74) is 0.847. The fourth-order valence-electron chi connectivity index (χ4n) is 3.40. The average molecular weight is 426 g/mol. The highest BCUT2D eigenvalue weighted by Gasteiger charge is 2.31. The number of rotatable bonds is 6. The van der Waals surface area contributed by atoms with Crippen LogP contribution in [0.1, 0.15) is 13.8 Å². The Morgan fingerprint density at radius 3 is 2.45 bits per heavy atom. The van der Waals surface area contributed by atoms with Crippen LogP contribution in [0.4, 0.5) is 20.4 Å². The van der Waals surface area contributed by atoms with Crippen LogP contribution in [0.2, 0.25) is 0 Å². The van der Waals surface area contributed by atoms with Gasteiger partial charge in [-0.2, -0.15) is 8.78 Å². The molecular formula is C19H24F2N4O3S. The van der Waals surface area contributed by atoms with E-state index in [1.165, 1.54) is 18.6 Å². The highest BCUT2D eigenvalue weighted by atomic mass is 32.2. The molecule has 7 nitrogen and oxygen atoms in total. The predicted molar refractivity (Wildman–Crippen MR) is 106 cm³/mol. The van der Waals surface area contributed by atoms with Gasteiger partial charge in [-0.25, -0.2) is 18.4 Å². The SMILES string of the molecule is CC(C)C1CN(c2cccc(S(C)(=O)=O)c2)CCN1c1ncc(OC(F)F)cn1. The van der Waals surface area contributed by atoms with Crippen molar-refractivity contribution in [3.8, 4) is 5.75 Å². The molecule has 1 aliphatic rings. The van der Waals surface area contributed by atoms with Crippen LogP contribution < -0.4 is 14.5 Å². The molecule has 1 aromatic heterocycles. The second-order valence-electron chi connectivity index (χ2n) is 7.32. The Morgan fingerprint density at radius 1 is 1.17 bits per heavy atom. The van der Waals surface area contributed by atoms with Crippen molar-refractivity contribution in [2.45, 2.75) is 31.4 Å². The highest BCUT2D eigenvalue weighted by Crippen LogP contribution is 2.27. The second-order valence-corrected chi connectivity index (χ2v) is 9.33. The quantitative estimate of drug-likeness (QED) is 0.703. The maximum absolute atomic E-state index is 12.3. The molecule has 2 heterocycles. The van der Waals surface area contributed by atoms with E-state index in [1.807, 2.05) is 11.0 Å². The maximum Gasteiger partial charge on any atom is 0.387 e. The molecule has 29 heavy (non-hydrogen) atoms.